The van der Waals surface area contributed by atoms with Crippen LogP contribution in [0.2, 0.25) is 0 Å². The zero-order valence-corrected chi connectivity index (χ0v) is 18.2. The van der Waals surface area contributed by atoms with Gasteiger partial charge >= 0.3 is 0 Å². The molecule has 10 heteroatoms. The van der Waals surface area contributed by atoms with E-state index in [-0.39, 0.29) is 17.6 Å². The van der Waals surface area contributed by atoms with Gasteiger partial charge in [0.05, 0.1) is 35.9 Å². The van der Waals surface area contributed by atoms with Crippen molar-refractivity contribution in [2.24, 2.45) is 0 Å². The van der Waals surface area contributed by atoms with Gasteiger partial charge in [-0.2, -0.15) is 0 Å². The number of sulfonamides is 1. The molecule has 2 aliphatic rings. The van der Waals surface area contributed by atoms with Crippen LogP contribution in [0, 0.1) is 0 Å². The van der Waals surface area contributed by atoms with Crippen LogP contribution in [-0.2, 0) is 26.9 Å². The number of hydrogen-bond acceptors (Lipinski definition) is 7. The summed E-state index contributed by atoms with van der Waals surface area (Å²) in [6.07, 6.45) is 6.41. The van der Waals surface area contributed by atoms with Crippen LogP contribution in [0.3, 0.4) is 0 Å². The van der Waals surface area contributed by atoms with E-state index in [1.54, 1.807) is 29.1 Å². The molecule has 3 N–H and O–H groups in total. The zero-order valence-electron chi connectivity index (χ0n) is 17.4. The molecule has 1 aromatic carbocycles. The van der Waals surface area contributed by atoms with Crippen molar-refractivity contribution in [3.05, 3.63) is 42.2 Å². The molecule has 170 valence electrons. The van der Waals surface area contributed by atoms with Gasteiger partial charge in [-0.25, -0.2) is 13.1 Å². The molecule has 1 saturated carbocycles. The van der Waals surface area contributed by atoms with E-state index in [1.807, 2.05) is 0 Å². The molecule has 2 aromatic rings. The molecule has 4 rings (SSSR count). The van der Waals surface area contributed by atoms with Gasteiger partial charge in [0.2, 0.25) is 10.0 Å². The van der Waals surface area contributed by atoms with E-state index < -0.39 is 27.8 Å². The lowest BCUT2D eigenvalue weighted by Gasteiger charge is -2.36. The van der Waals surface area contributed by atoms with Gasteiger partial charge in [0.15, 0.2) is 0 Å². The van der Waals surface area contributed by atoms with Gasteiger partial charge in [-0.1, -0.05) is 36.3 Å². The van der Waals surface area contributed by atoms with Crippen LogP contribution in [0.5, 0.6) is 0 Å². The third kappa shape index (κ3) is 5.15. The van der Waals surface area contributed by atoms with Crippen LogP contribution in [0.15, 0.2) is 41.4 Å². The van der Waals surface area contributed by atoms with Crippen LogP contribution >= 0.6 is 0 Å². The second-order valence-electron chi connectivity index (χ2n) is 8.49. The van der Waals surface area contributed by atoms with Crippen molar-refractivity contribution in [1.82, 2.24) is 19.7 Å². The summed E-state index contributed by atoms with van der Waals surface area (Å²) < 4.78 is 35.6. The molecule has 0 spiro atoms. The Labute approximate surface area is 182 Å². The van der Waals surface area contributed by atoms with E-state index in [1.165, 1.54) is 12.1 Å². The van der Waals surface area contributed by atoms with E-state index in [0.29, 0.717) is 31.5 Å². The molecule has 2 fully saturated rings. The second kappa shape index (κ2) is 9.33. The lowest BCUT2D eigenvalue weighted by atomic mass is 9.98. The van der Waals surface area contributed by atoms with Gasteiger partial charge in [0.25, 0.3) is 0 Å². The molecule has 1 aliphatic heterocycles. The summed E-state index contributed by atoms with van der Waals surface area (Å²) in [7, 11) is -3.67. The molecule has 0 bridgehead atoms. The van der Waals surface area contributed by atoms with Gasteiger partial charge in [0, 0.05) is 6.54 Å². The first-order chi connectivity index (χ1) is 14.9. The third-order valence-corrected chi connectivity index (χ3v) is 7.79. The van der Waals surface area contributed by atoms with E-state index >= 15 is 0 Å². The number of ether oxygens (including phenoxy) is 1. The van der Waals surface area contributed by atoms with Gasteiger partial charge in [0.1, 0.15) is 11.3 Å². The minimum absolute atomic E-state index is 0.114. The Kier molecular flexibility index (Phi) is 6.73. The van der Waals surface area contributed by atoms with Crippen LogP contribution in [0.25, 0.3) is 0 Å². The minimum atomic E-state index is -3.67. The topological polar surface area (TPSA) is 127 Å². The van der Waals surface area contributed by atoms with Crippen molar-refractivity contribution >= 4 is 10.0 Å². The quantitative estimate of drug-likeness (QED) is 0.553. The van der Waals surface area contributed by atoms with Crippen LogP contribution in [0.4, 0.5) is 0 Å². The average Bonchev–Trinajstić information content (AvgIpc) is 3.43. The molecule has 1 saturated heterocycles. The van der Waals surface area contributed by atoms with Crippen molar-refractivity contribution < 1.29 is 23.4 Å². The summed E-state index contributed by atoms with van der Waals surface area (Å²) in [5.74, 6) is 0. The highest BCUT2D eigenvalue weighted by molar-refractivity contribution is 7.89. The molecule has 2 heterocycles. The van der Waals surface area contributed by atoms with E-state index in [4.69, 9.17) is 4.74 Å². The Morgan fingerprint density at radius 3 is 2.65 bits per heavy atom. The van der Waals surface area contributed by atoms with Crippen LogP contribution < -0.4 is 4.72 Å². The lowest BCUT2D eigenvalue weighted by Crippen LogP contribution is -2.50. The minimum Gasteiger partial charge on any atom is -0.394 e. The maximum absolute atomic E-state index is 12.6. The van der Waals surface area contributed by atoms with Gasteiger partial charge < -0.3 is 14.9 Å². The molecule has 3 atom stereocenters. The predicted molar refractivity (Wildman–Crippen MR) is 113 cm³/mol. The SMILES string of the molecule is O=S(=O)(N[C@H]1CC[C@@H](CCn2cc(C3(O)CCCC3)nn2)O[C@H]1CO)c1ccccc1. The molecular weight excluding hydrogens is 420 g/mol. The van der Waals surface area contributed by atoms with Crippen molar-refractivity contribution in [1.29, 1.82) is 0 Å². The Morgan fingerprint density at radius 1 is 1.19 bits per heavy atom. The monoisotopic (exact) mass is 450 g/mol. The molecule has 0 radical (unpaired) electrons. The van der Waals surface area contributed by atoms with E-state index in [2.05, 4.69) is 15.0 Å². The molecule has 31 heavy (non-hydrogen) atoms. The zero-order chi connectivity index (χ0) is 21.9. The average molecular weight is 451 g/mol. The fourth-order valence-corrected chi connectivity index (χ4v) is 5.78. The number of aliphatic hydroxyl groups excluding tert-OH is 1. The largest absolute Gasteiger partial charge is 0.394 e. The summed E-state index contributed by atoms with van der Waals surface area (Å²) in [6, 6.07) is 7.70. The first kappa shape index (κ1) is 22.3. The Morgan fingerprint density at radius 2 is 1.94 bits per heavy atom. The van der Waals surface area contributed by atoms with E-state index in [0.717, 1.165) is 25.7 Å². The fourth-order valence-electron chi connectivity index (χ4n) is 4.46. The highest BCUT2D eigenvalue weighted by Crippen LogP contribution is 2.37. The number of hydrogen-bond donors (Lipinski definition) is 3. The predicted octanol–water partition coefficient (Wildman–Crippen LogP) is 1.32. The summed E-state index contributed by atoms with van der Waals surface area (Å²) in [5, 5.41) is 28.7. The maximum atomic E-state index is 12.6. The number of rotatable bonds is 8. The van der Waals surface area contributed by atoms with Crippen molar-refractivity contribution in [3.8, 4) is 0 Å². The summed E-state index contributed by atoms with van der Waals surface area (Å²) in [6.45, 7) is 0.311. The van der Waals surface area contributed by atoms with E-state index in [9.17, 15) is 18.6 Å². The van der Waals surface area contributed by atoms with Crippen molar-refractivity contribution in [2.45, 2.75) is 80.2 Å². The number of aryl methyl sites for hydroxylation is 1. The summed E-state index contributed by atoms with van der Waals surface area (Å²) in [4.78, 5) is 0.194. The first-order valence-corrected chi connectivity index (χ1v) is 12.3. The third-order valence-electron chi connectivity index (χ3n) is 6.28. The number of aliphatic hydroxyl groups is 2. The number of aromatic nitrogens is 3. The molecule has 9 nitrogen and oxygen atoms in total. The summed E-state index contributed by atoms with van der Waals surface area (Å²) in [5.41, 5.74) is -0.233. The number of benzene rings is 1. The molecule has 1 aromatic heterocycles. The highest BCUT2D eigenvalue weighted by Gasteiger charge is 2.36. The van der Waals surface area contributed by atoms with Gasteiger partial charge in [-0.15, -0.1) is 5.10 Å². The maximum Gasteiger partial charge on any atom is 0.240 e. The normalized spacial score (nSPS) is 26.2. The Balaban J connectivity index is 1.31. The van der Waals surface area contributed by atoms with Crippen LogP contribution in [0.1, 0.15) is 50.6 Å². The van der Waals surface area contributed by atoms with Gasteiger partial charge in [-0.05, 0) is 44.2 Å². The number of nitrogens with one attached hydrogen (secondary N) is 1. The first-order valence-electron chi connectivity index (χ1n) is 10.9. The van der Waals surface area contributed by atoms with Crippen molar-refractivity contribution in [2.75, 3.05) is 6.61 Å². The number of nitrogens with zero attached hydrogens (tertiary/aromatic N) is 3. The Bertz CT molecular complexity index is 959. The van der Waals surface area contributed by atoms with Crippen LogP contribution in [-0.4, -0.2) is 58.5 Å². The Hall–Kier alpha value is -1.85. The molecule has 0 amide bonds. The summed E-state index contributed by atoms with van der Waals surface area (Å²) >= 11 is 0. The smallest absolute Gasteiger partial charge is 0.240 e. The standard InChI is InChI=1S/C21H30N4O5S/c26-15-19-18(23-31(28,29)17-6-2-1-3-7-17)9-8-16(30-19)10-13-25-14-20(22-24-25)21(27)11-4-5-12-21/h1-3,6-7,14,16,18-19,23,26-27H,4-5,8-13,15H2/t16-,18-,19-/m0/s1. The molecule has 0 unspecified atom stereocenters. The van der Waals surface area contributed by atoms with Gasteiger partial charge in [-0.3, -0.25) is 4.68 Å². The molecule has 1 aliphatic carbocycles. The second-order valence-corrected chi connectivity index (χ2v) is 10.2. The van der Waals surface area contributed by atoms with Crippen molar-refractivity contribution in [3.63, 3.8) is 0 Å². The molecular formula is C21H30N4O5S. The lowest BCUT2D eigenvalue weighted by molar-refractivity contribution is -0.0891. The fraction of sp³-hybridized carbons (Fsp3) is 0.619. The highest BCUT2D eigenvalue weighted by atomic mass is 32.2.